The van der Waals surface area contributed by atoms with E-state index in [1.165, 1.54) is 0 Å². The van der Waals surface area contributed by atoms with Crippen LogP contribution in [0.1, 0.15) is 30.6 Å². The summed E-state index contributed by atoms with van der Waals surface area (Å²) in [7, 11) is -4.05. The maximum Gasteiger partial charge on any atom is 0.335 e. The van der Waals surface area contributed by atoms with Crippen LogP contribution in [0.5, 0.6) is 0 Å². The van der Waals surface area contributed by atoms with Crippen LogP contribution < -0.4 is 4.72 Å². The summed E-state index contributed by atoms with van der Waals surface area (Å²) in [6.07, 6.45) is 0.541. The van der Waals surface area contributed by atoms with E-state index in [0.29, 0.717) is 6.42 Å². The van der Waals surface area contributed by atoms with Crippen LogP contribution in [0.4, 0.5) is 4.39 Å². The highest BCUT2D eigenvalue weighted by atomic mass is 32.2. The first-order valence-electron chi connectivity index (χ1n) is 5.33. The van der Waals surface area contributed by atoms with Crippen molar-refractivity contribution in [1.82, 2.24) is 4.72 Å². The van der Waals surface area contributed by atoms with Crippen molar-refractivity contribution >= 4 is 16.0 Å². The molecule has 0 aliphatic rings. The molecule has 0 aromatic heterocycles. The minimum atomic E-state index is -4.05. The van der Waals surface area contributed by atoms with Crippen LogP contribution >= 0.6 is 0 Å². The van der Waals surface area contributed by atoms with Crippen molar-refractivity contribution in [2.45, 2.75) is 31.2 Å². The molecule has 1 aromatic rings. The van der Waals surface area contributed by atoms with Gasteiger partial charge < -0.3 is 5.11 Å². The molecule has 7 heteroatoms. The monoisotopic (exact) mass is 275 g/mol. The summed E-state index contributed by atoms with van der Waals surface area (Å²) in [5, 5.41) is 8.76. The Bertz CT molecular complexity index is 556. The van der Waals surface area contributed by atoms with Crippen LogP contribution in [0.2, 0.25) is 0 Å². The van der Waals surface area contributed by atoms with Crippen LogP contribution in [-0.4, -0.2) is 25.5 Å². The molecule has 0 aliphatic heterocycles. The number of carboxylic acids is 1. The van der Waals surface area contributed by atoms with Gasteiger partial charge in [-0.2, -0.15) is 0 Å². The van der Waals surface area contributed by atoms with Gasteiger partial charge in [0.15, 0.2) is 0 Å². The van der Waals surface area contributed by atoms with Gasteiger partial charge in [-0.15, -0.1) is 0 Å². The van der Waals surface area contributed by atoms with E-state index < -0.39 is 26.7 Å². The third kappa shape index (κ3) is 3.27. The third-order valence-electron chi connectivity index (χ3n) is 2.44. The summed E-state index contributed by atoms with van der Waals surface area (Å²) in [5.41, 5.74) is -0.277. The van der Waals surface area contributed by atoms with Gasteiger partial charge in [0, 0.05) is 6.04 Å². The van der Waals surface area contributed by atoms with Crippen LogP contribution in [0, 0.1) is 5.82 Å². The van der Waals surface area contributed by atoms with E-state index in [4.69, 9.17) is 5.11 Å². The molecular weight excluding hydrogens is 261 g/mol. The van der Waals surface area contributed by atoms with Gasteiger partial charge in [-0.05, 0) is 31.5 Å². The normalized spacial score (nSPS) is 13.3. The molecule has 1 atom stereocenters. The van der Waals surface area contributed by atoms with E-state index in [9.17, 15) is 17.6 Å². The van der Waals surface area contributed by atoms with Crippen molar-refractivity contribution < 1.29 is 22.7 Å². The molecule has 100 valence electrons. The summed E-state index contributed by atoms with van der Waals surface area (Å²) in [5.74, 6) is -2.29. The summed E-state index contributed by atoms with van der Waals surface area (Å²) < 4.78 is 39.4. The molecule has 0 heterocycles. The second-order valence-electron chi connectivity index (χ2n) is 3.88. The second kappa shape index (κ2) is 5.45. The van der Waals surface area contributed by atoms with Gasteiger partial charge in [0.25, 0.3) is 0 Å². The highest BCUT2D eigenvalue weighted by Gasteiger charge is 2.22. The molecule has 1 rings (SSSR count). The number of nitrogens with one attached hydrogen (secondary N) is 1. The van der Waals surface area contributed by atoms with Gasteiger partial charge in [-0.3, -0.25) is 0 Å². The molecule has 0 saturated carbocycles. The Hall–Kier alpha value is -1.47. The molecule has 0 radical (unpaired) electrons. The number of aromatic carboxylic acids is 1. The lowest BCUT2D eigenvalue weighted by atomic mass is 10.2. The van der Waals surface area contributed by atoms with Crippen LogP contribution in [0.25, 0.3) is 0 Å². The zero-order valence-electron chi connectivity index (χ0n) is 9.97. The van der Waals surface area contributed by atoms with E-state index in [1.54, 1.807) is 13.8 Å². The molecule has 0 spiro atoms. The third-order valence-corrected chi connectivity index (χ3v) is 4.04. The van der Waals surface area contributed by atoms with Crippen LogP contribution in [-0.2, 0) is 10.0 Å². The SMILES string of the molecule is CC[C@H](C)NS(=O)(=O)c1cc(C(=O)O)ccc1F. The Morgan fingerprint density at radius 2 is 2.11 bits per heavy atom. The largest absolute Gasteiger partial charge is 0.478 e. The fourth-order valence-electron chi connectivity index (χ4n) is 1.25. The first-order chi connectivity index (χ1) is 8.27. The predicted octanol–water partition coefficient (Wildman–Crippen LogP) is 1.60. The maximum absolute atomic E-state index is 13.5. The Morgan fingerprint density at radius 1 is 1.50 bits per heavy atom. The van der Waals surface area contributed by atoms with Crippen molar-refractivity contribution in [2.24, 2.45) is 0 Å². The second-order valence-corrected chi connectivity index (χ2v) is 5.56. The fraction of sp³-hybridized carbons (Fsp3) is 0.364. The van der Waals surface area contributed by atoms with Gasteiger partial charge in [-0.25, -0.2) is 22.3 Å². The molecule has 0 bridgehead atoms. The van der Waals surface area contributed by atoms with Gasteiger partial charge in [0.2, 0.25) is 10.0 Å². The summed E-state index contributed by atoms with van der Waals surface area (Å²) in [6, 6.07) is 2.29. The topological polar surface area (TPSA) is 83.5 Å². The predicted molar refractivity (Wildman–Crippen MR) is 63.4 cm³/mol. The lowest BCUT2D eigenvalue weighted by Gasteiger charge is -2.12. The van der Waals surface area contributed by atoms with Crippen molar-refractivity contribution in [3.05, 3.63) is 29.6 Å². The molecule has 0 aliphatic carbocycles. The average Bonchev–Trinajstić information content (AvgIpc) is 2.28. The smallest absolute Gasteiger partial charge is 0.335 e. The van der Waals surface area contributed by atoms with Gasteiger partial charge in [0.05, 0.1) is 5.56 Å². The number of hydrogen-bond donors (Lipinski definition) is 2. The molecule has 2 N–H and O–H groups in total. The van der Waals surface area contributed by atoms with Crippen molar-refractivity contribution in [1.29, 1.82) is 0 Å². The minimum Gasteiger partial charge on any atom is -0.478 e. The highest BCUT2D eigenvalue weighted by Crippen LogP contribution is 2.17. The standard InChI is InChI=1S/C11H14FNO4S/c1-3-7(2)13-18(16,17)10-6-8(11(14)15)4-5-9(10)12/h4-7,13H,3H2,1-2H3,(H,14,15)/t7-/m0/s1. The quantitative estimate of drug-likeness (QED) is 0.855. The first kappa shape index (κ1) is 14.6. The molecule has 5 nitrogen and oxygen atoms in total. The highest BCUT2D eigenvalue weighted by molar-refractivity contribution is 7.89. The van der Waals surface area contributed by atoms with Gasteiger partial charge in [-0.1, -0.05) is 6.92 Å². The van der Waals surface area contributed by atoms with E-state index in [1.807, 2.05) is 0 Å². The molecular formula is C11H14FNO4S. The zero-order chi connectivity index (χ0) is 13.9. The number of hydrogen-bond acceptors (Lipinski definition) is 3. The molecule has 0 amide bonds. The van der Waals surface area contributed by atoms with Crippen molar-refractivity contribution in [3.8, 4) is 0 Å². The van der Waals surface area contributed by atoms with Gasteiger partial charge in [0.1, 0.15) is 10.7 Å². The van der Waals surface area contributed by atoms with Crippen LogP contribution in [0.15, 0.2) is 23.1 Å². The van der Waals surface area contributed by atoms with Crippen molar-refractivity contribution in [2.75, 3.05) is 0 Å². The van der Waals surface area contributed by atoms with E-state index >= 15 is 0 Å². The lowest BCUT2D eigenvalue weighted by molar-refractivity contribution is 0.0696. The minimum absolute atomic E-state index is 0.277. The lowest BCUT2D eigenvalue weighted by Crippen LogP contribution is -2.32. The zero-order valence-corrected chi connectivity index (χ0v) is 10.8. The van der Waals surface area contributed by atoms with E-state index in [0.717, 1.165) is 18.2 Å². The van der Waals surface area contributed by atoms with Crippen molar-refractivity contribution in [3.63, 3.8) is 0 Å². The summed E-state index contributed by atoms with van der Waals surface area (Å²) >= 11 is 0. The molecule has 18 heavy (non-hydrogen) atoms. The Morgan fingerprint density at radius 3 is 2.61 bits per heavy atom. The number of rotatable bonds is 5. The number of carboxylic acid groups (broad SMARTS) is 1. The average molecular weight is 275 g/mol. The Balaban J connectivity index is 3.23. The van der Waals surface area contributed by atoms with E-state index in [2.05, 4.69) is 4.72 Å². The van der Waals surface area contributed by atoms with Crippen LogP contribution in [0.3, 0.4) is 0 Å². The first-order valence-corrected chi connectivity index (χ1v) is 6.81. The number of sulfonamides is 1. The molecule has 0 unspecified atom stereocenters. The summed E-state index contributed by atoms with van der Waals surface area (Å²) in [6.45, 7) is 3.41. The summed E-state index contributed by atoms with van der Waals surface area (Å²) in [4.78, 5) is 10.1. The molecule has 0 saturated heterocycles. The van der Waals surface area contributed by atoms with Gasteiger partial charge >= 0.3 is 5.97 Å². The number of benzene rings is 1. The number of halogens is 1. The van der Waals surface area contributed by atoms with E-state index in [-0.39, 0.29) is 11.6 Å². The fourth-order valence-corrected chi connectivity index (χ4v) is 2.68. The Kier molecular flexibility index (Phi) is 4.42. The molecule has 0 fully saturated rings. The molecule has 1 aromatic carbocycles. The maximum atomic E-state index is 13.5. The Labute approximate surface area is 105 Å². The number of carbonyl (C=O) groups is 1.